The van der Waals surface area contributed by atoms with Crippen LogP contribution in [0.15, 0.2) is 29.6 Å². The summed E-state index contributed by atoms with van der Waals surface area (Å²) in [5.74, 6) is 0.784. The molecule has 0 saturated heterocycles. The Morgan fingerprint density at radius 3 is 2.63 bits per heavy atom. The number of benzene rings is 1. The van der Waals surface area contributed by atoms with Gasteiger partial charge in [0.05, 0.1) is 0 Å². The van der Waals surface area contributed by atoms with Crippen LogP contribution in [0.4, 0.5) is 0 Å². The molecule has 1 heterocycles. The molecule has 0 N–H and O–H groups in total. The summed E-state index contributed by atoms with van der Waals surface area (Å²) in [5, 5.41) is 3.44. The second-order valence-corrected chi connectivity index (χ2v) is 6.50. The number of carbonyl (C=O) groups excluding carboxylic acids is 1. The highest BCUT2D eigenvalue weighted by Gasteiger charge is 2.20. The largest absolute Gasteiger partial charge is 0.299 e. The summed E-state index contributed by atoms with van der Waals surface area (Å²) in [6, 6.07) is 8.41. The first-order valence-electron chi connectivity index (χ1n) is 7.32. The molecular formula is C17H20OS. The lowest BCUT2D eigenvalue weighted by atomic mass is 9.91. The topological polar surface area (TPSA) is 17.1 Å². The Balaban J connectivity index is 1.75. The zero-order chi connectivity index (χ0) is 13.1. The van der Waals surface area contributed by atoms with E-state index in [1.165, 1.54) is 41.3 Å². The normalized spacial score (nSPS) is 17.5. The molecule has 0 bridgehead atoms. The fraction of sp³-hybridized carbons (Fsp3) is 0.471. The van der Waals surface area contributed by atoms with Gasteiger partial charge in [-0.1, -0.05) is 43.9 Å². The van der Waals surface area contributed by atoms with Crippen molar-refractivity contribution in [2.75, 3.05) is 0 Å². The molecule has 1 aromatic heterocycles. The van der Waals surface area contributed by atoms with Crippen LogP contribution < -0.4 is 0 Å². The number of Topliss-reactive ketones (excluding diaryl/α,β-unsaturated/α-hetero) is 1. The van der Waals surface area contributed by atoms with Gasteiger partial charge in [0, 0.05) is 17.0 Å². The molecule has 0 amide bonds. The average Bonchev–Trinajstić information content (AvgIpc) is 2.66. The summed E-state index contributed by atoms with van der Waals surface area (Å²) < 4.78 is 1.30. The van der Waals surface area contributed by atoms with Gasteiger partial charge in [-0.3, -0.25) is 4.79 Å². The Hall–Kier alpha value is -1.15. The first-order valence-corrected chi connectivity index (χ1v) is 8.20. The maximum absolute atomic E-state index is 12.5. The lowest BCUT2D eigenvalue weighted by Crippen LogP contribution is -2.16. The van der Waals surface area contributed by atoms with E-state index >= 15 is 0 Å². The Kier molecular flexibility index (Phi) is 3.97. The summed E-state index contributed by atoms with van der Waals surface area (Å²) in [5.41, 5.74) is 1.23. The number of rotatable bonds is 3. The van der Waals surface area contributed by atoms with Crippen molar-refractivity contribution in [1.29, 1.82) is 0 Å². The van der Waals surface area contributed by atoms with Crippen LogP contribution >= 0.6 is 11.3 Å². The summed E-state index contributed by atoms with van der Waals surface area (Å²) >= 11 is 1.75. The van der Waals surface area contributed by atoms with Crippen molar-refractivity contribution < 1.29 is 4.79 Å². The van der Waals surface area contributed by atoms with E-state index in [0.29, 0.717) is 18.1 Å². The van der Waals surface area contributed by atoms with Crippen molar-refractivity contribution in [1.82, 2.24) is 0 Å². The van der Waals surface area contributed by atoms with Gasteiger partial charge >= 0.3 is 0 Å². The lowest BCUT2D eigenvalue weighted by molar-refractivity contribution is -0.122. The van der Waals surface area contributed by atoms with E-state index in [0.717, 1.165) is 12.8 Å². The summed E-state index contributed by atoms with van der Waals surface area (Å²) in [6.07, 6.45) is 7.95. The van der Waals surface area contributed by atoms with Crippen molar-refractivity contribution in [2.45, 2.75) is 44.9 Å². The van der Waals surface area contributed by atoms with E-state index < -0.39 is 0 Å². The molecule has 1 aliphatic rings. The molecule has 100 valence electrons. The average molecular weight is 272 g/mol. The highest BCUT2D eigenvalue weighted by Crippen LogP contribution is 2.29. The summed E-state index contributed by atoms with van der Waals surface area (Å²) in [6.45, 7) is 0. The molecule has 1 fully saturated rings. The third-order valence-corrected chi connectivity index (χ3v) is 5.25. The zero-order valence-corrected chi connectivity index (χ0v) is 12.0. The van der Waals surface area contributed by atoms with E-state index in [1.54, 1.807) is 11.3 Å². The molecule has 2 heteroatoms. The van der Waals surface area contributed by atoms with Crippen LogP contribution in [0.25, 0.3) is 10.1 Å². The molecule has 19 heavy (non-hydrogen) atoms. The molecule has 0 radical (unpaired) electrons. The monoisotopic (exact) mass is 272 g/mol. The van der Waals surface area contributed by atoms with Crippen LogP contribution in [-0.4, -0.2) is 5.78 Å². The fourth-order valence-corrected chi connectivity index (χ4v) is 4.07. The van der Waals surface area contributed by atoms with Crippen LogP contribution in [-0.2, 0) is 11.2 Å². The van der Waals surface area contributed by atoms with Crippen molar-refractivity contribution in [2.24, 2.45) is 5.92 Å². The molecule has 0 aliphatic heterocycles. The highest BCUT2D eigenvalue weighted by atomic mass is 32.1. The Labute approximate surface area is 118 Å². The first-order chi connectivity index (χ1) is 9.34. The Morgan fingerprint density at radius 2 is 1.84 bits per heavy atom. The fourth-order valence-electron chi connectivity index (χ4n) is 3.10. The number of ketones is 1. The molecule has 2 aromatic rings. The molecule has 0 atom stereocenters. The molecule has 3 rings (SSSR count). The number of hydrogen-bond acceptors (Lipinski definition) is 2. The zero-order valence-electron chi connectivity index (χ0n) is 11.2. The van der Waals surface area contributed by atoms with Crippen molar-refractivity contribution in [3.05, 3.63) is 35.2 Å². The number of thiophene rings is 1. The van der Waals surface area contributed by atoms with Gasteiger partial charge in [0.2, 0.25) is 0 Å². The molecule has 0 spiro atoms. The third kappa shape index (κ3) is 2.89. The van der Waals surface area contributed by atoms with Crippen molar-refractivity contribution >= 4 is 27.2 Å². The Morgan fingerprint density at radius 1 is 1.11 bits per heavy atom. The second-order valence-electron chi connectivity index (χ2n) is 5.59. The summed E-state index contributed by atoms with van der Waals surface area (Å²) in [7, 11) is 0. The number of fused-ring (bicyclic) bond motifs is 1. The van der Waals surface area contributed by atoms with E-state index in [1.807, 2.05) is 0 Å². The quantitative estimate of drug-likeness (QED) is 0.720. The second kappa shape index (κ2) is 5.87. The highest BCUT2D eigenvalue weighted by molar-refractivity contribution is 7.17. The smallest absolute Gasteiger partial charge is 0.140 e. The minimum atomic E-state index is 0.321. The maximum Gasteiger partial charge on any atom is 0.140 e. The predicted octanol–water partition coefficient (Wildman–Crippen LogP) is 4.98. The molecule has 1 aliphatic carbocycles. The van der Waals surface area contributed by atoms with E-state index in [2.05, 4.69) is 29.6 Å². The molecule has 0 unspecified atom stereocenters. The lowest BCUT2D eigenvalue weighted by Gasteiger charge is -2.12. The van der Waals surface area contributed by atoms with Crippen LogP contribution in [0.3, 0.4) is 0 Å². The van der Waals surface area contributed by atoms with Crippen LogP contribution in [0.5, 0.6) is 0 Å². The number of hydrogen-bond donors (Lipinski definition) is 0. The molecular weight excluding hydrogens is 252 g/mol. The summed E-state index contributed by atoms with van der Waals surface area (Å²) in [4.78, 5) is 12.5. The van der Waals surface area contributed by atoms with E-state index in [4.69, 9.17) is 0 Å². The molecule has 1 aromatic carbocycles. The van der Waals surface area contributed by atoms with E-state index in [9.17, 15) is 4.79 Å². The van der Waals surface area contributed by atoms with Crippen molar-refractivity contribution in [3.8, 4) is 0 Å². The van der Waals surface area contributed by atoms with Gasteiger partial charge in [0.25, 0.3) is 0 Å². The number of carbonyl (C=O) groups is 1. The minimum Gasteiger partial charge on any atom is -0.299 e. The van der Waals surface area contributed by atoms with Gasteiger partial charge in [-0.05, 0) is 35.2 Å². The SMILES string of the molecule is O=C(Cc1csc2ccccc12)C1CCCCCC1. The van der Waals surface area contributed by atoms with Gasteiger partial charge in [-0.25, -0.2) is 0 Å². The van der Waals surface area contributed by atoms with E-state index in [-0.39, 0.29) is 0 Å². The van der Waals surface area contributed by atoms with Gasteiger partial charge < -0.3 is 0 Å². The third-order valence-electron chi connectivity index (χ3n) is 4.24. The van der Waals surface area contributed by atoms with Gasteiger partial charge in [-0.2, -0.15) is 0 Å². The van der Waals surface area contributed by atoms with Crippen LogP contribution in [0, 0.1) is 5.92 Å². The predicted molar refractivity (Wildman–Crippen MR) is 81.7 cm³/mol. The molecule has 1 saturated carbocycles. The van der Waals surface area contributed by atoms with Crippen LogP contribution in [0.2, 0.25) is 0 Å². The standard InChI is InChI=1S/C17H20OS/c18-16(13-7-3-1-2-4-8-13)11-14-12-19-17-10-6-5-9-15(14)17/h5-6,9-10,12-13H,1-4,7-8,11H2. The van der Waals surface area contributed by atoms with Gasteiger partial charge in [-0.15, -0.1) is 11.3 Å². The van der Waals surface area contributed by atoms with Gasteiger partial charge in [0.15, 0.2) is 0 Å². The molecule has 1 nitrogen and oxygen atoms in total. The Bertz CT molecular complexity index is 561. The van der Waals surface area contributed by atoms with Crippen molar-refractivity contribution in [3.63, 3.8) is 0 Å². The maximum atomic E-state index is 12.5. The van der Waals surface area contributed by atoms with Crippen LogP contribution in [0.1, 0.15) is 44.1 Å². The minimum absolute atomic E-state index is 0.321. The van der Waals surface area contributed by atoms with Gasteiger partial charge in [0.1, 0.15) is 5.78 Å². The first kappa shape index (κ1) is 12.9.